The smallest absolute Gasteiger partial charge is 0.466 e. The van der Waals surface area contributed by atoms with Crippen molar-refractivity contribution in [1.82, 2.24) is 0 Å². The third-order valence-corrected chi connectivity index (χ3v) is 0. The van der Waals surface area contributed by atoms with Crippen LogP contribution in [0.4, 0.5) is 0 Å². The molecule has 0 aromatic carbocycles. The zero-order chi connectivity index (χ0) is 7.21. The third kappa shape index (κ3) is 545. The van der Waals surface area contributed by atoms with Crippen LogP contribution in [0.3, 0.4) is 0 Å². The predicted octanol–water partition coefficient (Wildman–Crippen LogP) is -2.50. The average Bonchev–Trinajstić information content (AvgIpc) is 1.27. The Morgan fingerprint density at radius 3 is 1.20 bits per heavy atom. The van der Waals surface area contributed by atoms with Gasteiger partial charge in [-0.2, -0.15) is 0 Å². The SMILES string of the molecule is O=P(O)(O)O.O=[C-]O.[AlH3].[Cd]. The van der Waals surface area contributed by atoms with Crippen LogP contribution in [-0.2, 0) is 36.7 Å². The molecule has 0 amide bonds. The fourth-order valence-electron chi connectivity index (χ4n) is 0. The van der Waals surface area contributed by atoms with Crippen molar-refractivity contribution in [2.45, 2.75) is 0 Å². The van der Waals surface area contributed by atoms with Gasteiger partial charge in [-0.1, -0.05) is 6.47 Å². The Balaban J connectivity index is -0.0000000326. The molecule has 0 saturated carbocycles. The van der Waals surface area contributed by atoms with Gasteiger partial charge < -0.3 is 24.6 Å². The summed E-state index contributed by atoms with van der Waals surface area (Å²) in [7, 11) is -4.64. The van der Waals surface area contributed by atoms with Gasteiger partial charge in [-0.25, -0.2) is 4.57 Å². The molecule has 0 rings (SSSR count). The molecule has 0 spiro atoms. The Labute approximate surface area is 87.8 Å². The Kier molecular flexibility index (Phi) is 28.5. The molecule has 0 fully saturated rings. The third-order valence-electron chi connectivity index (χ3n) is 0. The predicted molar refractivity (Wildman–Crippen MR) is 32.5 cm³/mol. The number of hydrogen-bond acceptors (Lipinski definition) is 2. The van der Waals surface area contributed by atoms with Crippen LogP contribution < -0.4 is 0 Å². The van der Waals surface area contributed by atoms with E-state index >= 15 is 0 Å². The van der Waals surface area contributed by atoms with Gasteiger partial charge in [-0.15, -0.1) is 0 Å². The average molecular weight is 285 g/mol. The standard InChI is InChI=1S/CHO2.Al.Cd.H3O4P.3H/c2-1-3;;;1-5(2,3)4;;;/h(H,2,3);;;(H3,1,2,3,4);;;/q-1;;;;;;. The van der Waals surface area contributed by atoms with Gasteiger partial charge in [-0.3, -0.25) is 0 Å². The summed E-state index contributed by atoms with van der Waals surface area (Å²) in [6.45, 7) is 0.500. The molecule has 58 valence electrons. The maximum atomic E-state index is 8.88. The summed E-state index contributed by atoms with van der Waals surface area (Å²) < 4.78 is 8.88. The van der Waals surface area contributed by atoms with E-state index in [0.717, 1.165) is 0 Å². The Bertz CT molecular complexity index is 91.7. The first-order valence-corrected chi connectivity index (χ1v) is 2.78. The summed E-state index contributed by atoms with van der Waals surface area (Å²) in [5.41, 5.74) is 0. The minimum Gasteiger partial charge on any atom is -0.665 e. The molecule has 0 bridgehead atoms. The molecule has 0 radical (unpaired) electrons. The fourth-order valence-corrected chi connectivity index (χ4v) is 0. The van der Waals surface area contributed by atoms with Crippen molar-refractivity contribution in [3.05, 3.63) is 0 Å². The number of hydrogen-bond donors (Lipinski definition) is 4. The number of aliphatic hydroxyl groups excluding tert-OH is 1. The summed E-state index contributed by atoms with van der Waals surface area (Å²) >= 11 is 0. The van der Waals surface area contributed by atoms with Gasteiger partial charge in [0.1, 0.15) is 0 Å². The second-order valence-corrected chi connectivity index (χ2v) is 1.63. The first-order valence-electron chi connectivity index (χ1n) is 1.21. The van der Waals surface area contributed by atoms with Crippen molar-refractivity contribution in [1.29, 1.82) is 0 Å². The molecule has 0 saturated heterocycles. The zero-order valence-corrected chi connectivity index (χ0v) is 9.19. The Hall–Kier alpha value is 1.03. The van der Waals surface area contributed by atoms with E-state index in [1.165, 1.54) is 0 Å². The first kappa shape index (κ1) is 22.5. The van der Waals surface area contributed by atoms with E-state index in [-0.39, 0.29) is 44.7 Å². The molecule has 0 aromatic rings. The van der Waals surface area contributed by atoms with E-state index in [2.05, 4.69) is 0 Å². The minimum atomic E-state index is -4.64. The molecule has 9 heteroatoms. The van der Waals surface area contributed by atoms with Crippen LogP contribution in [0.2, 0.25) is 0 Å². The molecule has 0 aliphatic carbocycles. The summed E-state index contributed by atoms with van der Waals surface area (Å²) in [4.78, 5) is 29.8. The van der Waals surface area contributed by atoms with E-state index in [4.69, 9.17) is 29.1 Å². The van der Waals surface area contributed by atoms with Gasteiger partial charge in [-0.05, 0) is 0 Å². The van der Waals surface area contributed by atoms with E-state index in [1.54, 1.807) is 0 Å². The molecule has 0 atom stereocenters. The summed E-state index contributed by atoms with van der Waals surface area (Å²) in [5, 5.41) is 6.76. The summed E-state index contributed by atoms with van der Waals surface area (Å²) in [6, 6.07) is 0. The van der Waals surface area contributed by atoms with Gasteiger partial charge in [0.2, 0.25) is 0 Å². The van der Waals surface area contributed by atoms with E-state index in [1.807, 2.05) is 0 Å². The van der Waals surface area contributed by atoms with Crippen LogP contribution in [-0.4, -0.2) is 43.6 Å². The molecule has 0 unspecified atom stereocenters. The van der Waals surface area contributed by atoms with Crippen LogP contribution in [0.25, 0.3) is 0 Å². The maximum absolute atomic E-state index is 8.88. The van der Waals surface area contributed by atoms with Crippen molar-refractivity contribution >= 4 is 31.7 Å². The van der Waals surface area contributed by atoms with E-state index < -0.39 is 7.82 Å². The second-order valence-electron chi connectivity index (χ2n) is 0.605. The van der Waals surface area contributed by atoms with Crippen molar-refractivity contribution in [2.24, 2.45) is 0 Å². The maximum Gasteiger partial charge on any atom is 0.466 e. The fraction of sp³-hybridized carbons (Fsp3) is 0. The second kappa shape index (κ2) is 12.7. The first-order chi connectivity index (χ1) is 3.41. The van der Waals surface area contributed by atoms with Crippen LogP contribution in [0.5, 0.6) is 0 Å². The number of rotatable bonds is 0. The van der Waals surface area contributed by atoms with Gasteiger partial charge in [0.25, 0.3) is 0 Å². The Morgan fingerprint density at radius 1 is 1.20 bits per heavy atom. The normalized spacial score (nSPS) is 7.10. The molecule has 0 aromatic heterocycles. The van der Waals surface area contributed by atoms with Crippen molar-refractivity contribution < 1.29 is 56.4 Å². The monoisotopic (exact) mass is 287 g/mol. The summed E-state index contributed by atoms with van der Waals surface area (Å²) in [6.07, 6.45) is 0. The molecule has 0 heterocycles. The van der Waals surface area contributed by atoms with Crippen molar-refractivity contribution in [3.8, 4) is 0 Å². The molecule has 0 aliphatic rings. The Morgan fingerprint density at radius 2 is 1.20 bits per heavy atom. The molecule has 10 heavy (non-hydrogen) atoms. The zero-order valence-electron chi connectivity index (χ0n) is 4.26. The van der Waals surface area contributed by atoms with Gasteiger partial charge in [0.15, 0.2) is 17.4 Å². The van der Waals surface area contributed by atoms with E-state index in [9.17, 15) is 0 Å². The summed E-state index contributed by atoms with van der Waals surface area (Å²) in [5.74, 6) is 0. The topological polar surface area (TPSA) is 115 Å². The molecule has 4 N–H and O–H groups in total. The van der Waals surface area contributed by atoms with Gasteiger partial charge >= 0.3 is 7.82 Å². The number of phosphoric acid groups is 1. The van der Waals surface area contributed by atoms with Crippen LogP contribution in [0.15, 0.2) is 0 Å². The van der Waals surface area contributed by atoms with E-state index in [0.29, 0.717) is 6.47 Å². The largest absolute Gasteiger partial charge is 0.665 e. The molecular formula is CH7AlCdO6P-. The molecule has 0 aliphatic heterocycles. The van der Waals surface area contributed by atoms with Crippen LogP contribution in [0, 0.1) is 0 Å². The van der Waals surface area contributed by atoms with Gasteiger partial charge in [0, 0.05) is 27.3 Å². The van der Waals surface area contributed by atoms with Crippen LogP contribution >= 0.6 is 7.82 Å². The molecule has 6 nitrogen and oxygen atoms in total. The van der Waals surface area contributed by atoms with Gasteiger partial charge in [0.05, 0.1) is 0 Å². The molecular weight excluding hydrogens is 278 g/mol. The van der Waals surface area contributed by atoms with Crippen molar-refractivity contribution in [3.63, 3.8) is 0 Å². The van der Waals surface area contributed by atoms with Crippen molar-refractivity contribution in [2.75, 3.05) is 0 Å². The minimum absolute atomic E-state index is 0. The quantitative estimate of drug-likeness (QED) is 0.222. The van der Waals surface area contributed by atoms with Crippen LogP contribution in [0.1, 0.15) is 0 Å².